The van der Waals surface area contributed by atoms with Crippen molar-refractivity contribution in [2.45, 2.75) is 19.8 Å². The number of nitrogens with zero attached hydrogens (tertiary/aromatic N) is 4. The van der Waals surface area contributed by atoms with E-state index in [1.165, 1.54) is 18.1 Å². The zero-order chi connectivity index (χ0) is 15.4. The number of hydrogen-bond acceptors (Lipinski definition) is 7. The quantitative estimate of drug-likeness (QED) is 0.667. The van der Waals surface area contributed by atoms with Crippen molar-refractivity contribution in [2.24, 2.45) is 0 Å². The van der Waals surface area contributed by atoms with Gasteiger partial charge in [0.25, 0.3) is 0 Å². The Morgan fingerprint density at radius 2 is 2.36 bits per heavy atom. The van der Waals surface area contributed by atoms with Gasteiger partial charge in [0, 0.05) is 18.5 Å². The van der Waals surface area contributed by atoms with Crippen LogP contribution in [0, 0.1) is 0 Å². The summed E-state index contributed by atoms with van der Waals surface area (Å²) < 4.78 is 5.27. The molecule has 3 heterocycles. The molecule has 0 aromatic carbocycles. The van der Waals surface area contributed by atoms with Crippen LogP contribution in [0.3, 0.4) is 0 Å². The third kappa shape index (κ3) is 3.06. The highest BCUT2D eigenvalue weighted by atomic mass is 32.2. The summed E-state index contributed by atoms with van der Waals surface area (Å²) in [6, 6.07) is 0. The zero-order valence-electron chi connectivity index (χ0n) is 12.3. The summed E-state index contributed by atoms with van der Waals surface area (Å²) in [5.41, 5.74) is 1.38. The van der Waals surface area contributed by atoms with Crippen LogP contribution in [0.15, 0.2) is 23.8 Å². The third-order valence-electron chi connectivity index (χ3n) is 3.27. The molecule has 22 heavy (non-hydrogen) atoms. The second-order valence-electron chi connectivity index (χ2n) is 4.82. The van der Waals surface area contributed by atoms with Gasteiger partial charge >= 0.3 is 5.97 Å². The predicted octanol–water partition coefficient (Wildman–Crippen LogP) is 2.09. The maximum Gasteiger partial charge on any atom is 0.346 e. The van der Waals surface area contributed by atoms with Crippen molar-refractivity contribution in [1.82, 2.24) is 19.9 Å². The average molecular weight is 319 g/mol. The number of unbranched alkanes of at least 4 members (excludes halogenated alkanes) is 1. The van der Waals surface area contributed by atoms with Crippen molar-refractivity contribution >= 4 is 34.7 Å². The molecule has 2 aromatic heterocycles. The maximum atomic E-state index is 12.1. The largest absolute Gasteiger partial charge is 0.462 e. The van der Waals surface area contributed by atoms with E-state index in [-0.39, 0.29) is 5.97 Å². The normalized spacial score (nSPS) is 15.0. The van der Waals surface area contributed by atoms with Gasteiger partial charge in [-0.3, -0.25) is 0 Å². The standard InChI is InChI=1S/C14H17N5O2S/c1-2-3-5-21-14(20)10-7-19(4-6-22-10)13-11-12(16-8-15-11)17-9-18-13/h7-9H,2-6H2,1H3,(H,15,16,17,18). The van der Waals surface area contributed by atoms with Crippen molar-refractivity contribution in [3.8, 4) is 0 Å². The molecule has 1 aliphatic rings. The first-order valence-electron chi connectivity index (χ1n) is 7.22. The van der Waals surface area contributed by atoms with Crippen molar-refractivity contribution in [3.05, 3.63) is 23.8 Å². The highest BCUT2D eigenvalue weighted by molar-refractivity contribution is 8.04. The Bertz CT molecular complexity index is 699. The molecular formula is C14H17N5O2S. The number of rotatable bonds is 5. The Labute approximate surface area is 132 Å². The molecular weight excluding hydrogens is 302 g/mol. The first-order valence-corrected chi connectivity index (χ1v) is 8.20. The van der Waals surface area contributed by atoms with Crippen LogP contribution < -0.4 is 4.90 Å². The second-order valence-corrected chi connectivity index (χ2v) is 5.96. The molecule has 0 atom stereocenters. The first kappa shape index (κ1) is 14.8. The van der Waals surface area contributed by atoms with Gasteiger partial charge in [-0.1, -0.05) is 13.3 Å². The average Bonchev–Trinajstić information content (AvgIpc) is 3.03. The summed E-state index contributed by atoms with van der Waals surface area (Å²) in [4.78, 5) is 30.2. The summed E-state index contributed by atoms with van der Waals surface area (Å²) in [5, 5.41) is 0. The molecule has 116 valence electrons. The monoisotopic (exact) mass is 319 g/mol. The van der Waals surface area contributed by atoms with E-state index < -0.39 is 0 Å². The lowest BCUT2D eigenvalue weighted by atomic mass is 10.4. The molecule has 0 radical (unpaired) electrons. The highest BCUT2D eigenvalue weighted by Crippen LogP contribution is 2.28. The van der Waals surface area contributed by atoms with E-state index in [9.17, 15) is 4.79 Å². The Morgan fingerprint density at radius 1 is 1.45 bits per heavy atom. The zero-order valence-corrected chi connectivity index (χ0v) is 13.1. The van der Waals surface area contributed by atoms with Gasteiger partial charge in [-0.25, -0.2) is 19.7 Å². The van der Waals surface area contributed by atoms with Crippen LogP contribution in [0.2, 0.25) is 0 Å². The Hall–Kier alpha value is -2.09. The van der Waals surface area contributed by atoms with E-state index in [4.69, 9.17) is 4.74 Å². The van der Waals surface area contributed by atoms with Crippen molar-refractivity contribution in [2.75, 3.05) is 23.8 Å². The number of carbonyl (C=O) groups excluding carboxylic acids is 1. The van der Waals surface area contributed by atoms with Gasteiger partial charge in [-0.05, 0) is 6.42 Å². The van der Waals surface area contributed by atoms with Crippen LogP contribution in [0.1, 0.15) is 19.8 Å². The number of anilines is 1. The van der Waals surface area contributed by atoms with E-state index in [0.29, 0.717) is 17.2 Å². The number of nitrogens with one attached hydrogen (secondary N) is 1. The summed E-state index contributed by atoms with van der Waals surface area (Å²) in [7, 11) is 0. The number of aromatic nitrogens is 4. The van der Waals surface area contributed by atoms with Crippen LogP contribution >= 0.6 is 11.8 Å². The number of thioether (sulfide) groups is 1. The van der Waals surface area contributed by atoms with E-state index in [2.05, 4.69) is 26.9 Å². The molecule has 0 fully saturated rings. The van der Waals surface area contributed by atoms with Crippen LogP contribution in [0.25, 0.3) is 11.2 Å². The number of H-pyrrole nitrogens is 1. The van der Waals surface area contributed by atoms with Gasteiger partial charge in [0.15, 0.2) is 11.5 Å². The summed E-state index contributed by atoms with van der Waals surface area (Å²) in [6.07, 6.45) is 6.75. The van der Waals surface area contributed by atoms with Gasteiger partial charge in [0.1, 0.15) is 16.7 Å². The lowest BCUT2D eigenvalue weighted by Gasteiger charge is -2.24. The minimum absolute atomic E-state index is 0.266. The summed E-state index contributed by atoms with van der Waals surface area (Å²) in [6.45, 7) is 3.29. The molecule has 0 aliphatic carbocycles. The maximum absolute atomic E-state index is 12.1. The van der Waals surface area contributed by atoms with Crippen LogP contribution in [0.4, 0.5) is 5.82 Å². The summed E-state index contributed by atoms with van der Waals surface area (Å²) in [5.74, 6) is 1.26. The van der Waals surface area contributed by atoms with Crippen LogP contribution in [-0.2, 0) is 9.53 Å². The van der Waals surface area contributed by atoms with Crippen LogP contribution in [0.5, 0.6) is 0 Å². The molecule has 1 N–H and O–H groups in total. The van der Waals surface area contributed by atoms with Gasteiger partial charge in [0.05, 0.1) is 12.9 Å². The Balaban J connectivity index is 1.81. The molecule has 0 saturated heterocycles. The van der Waals surface area contributed by atoms with Crippen molar-refractivity contribution in [1.29, 1.82) is 0 Å². The predicted molar refractivity (Wildman–Crippen MR) is 85.4 cm³/mol. The first-order chi connectivity index (χ1) is 10.8. The van der Waals surface area contributed by atoms with E-state index in [1.54, 1.807) is 12.5 Å². The second kappa shape index (κ2) is 6.78. The molecule has 1 aliphatic heterocycles. The van der Waals surface area contributed by atoms with E-state index >= 15 is 0 Å². The fourth-order valence-electron chi connectivity index (χ4n) is 2.13. The Kier molecular flexibility index (Phi) is 4.57. The molecule has 2 aromatic rings. The fourth-order valence-corrected chi connectivity index (χ4v) is 3.01. The van der Waals surface area contributed by atoms with E-state index in [1.807, 2.05) is 4.90 Å². The van der Waals surface area contributed by atoms with Gasteiger partial charge < -0.3 is 14.6 Å². The molecule has 8 heteroatoms. The van der Waals surface area contributed by atoms with Gasteiger partial charge in [-0.2, -0.15) is 0 Å². The number of imidazole rings is 1. The third-order valence-corrected chi connectivity index (χ3v) is 4.24. The molecule has 0 bridgehead atoms. The van der Waals surface area contributed by atoms with Crippen LogP contribution in [-0.4, -0.2) is 44.8 Å². The number of ether oxygens (including phenoxy) is 1. The lowest BCUT2D eigenvalue weighted by molar-refractivity contribution is -0.138. The minimum Gasteiger partial charge on any atom is -0.462 e. The Morgan fingerprint density at radius 3 is 3.23 bits per heavy atom. The molecule has 0 unspecified atom stereocenters. The topological polar surface area (TPSA) is 84.0 Å². The van der Waals surface area contributed by atoms with Crippen molar-refractivity contribution < 1.29 is 9.53 Å². The molecule has 0 amide bonds. The van der Waals surface area contributed by atoms with Crippen molar-refractivity contribution in [3.63, 3.8) is 0 Å². The number of hydrogen-bond donors (Lipinski definition) is 1. The fraction of sp³-hybridized carbons (Fsp3) is 0.429. The molecule has 0 spiro atoms. The highest BCUT2D eigenvalue weighted by Gasteiger charge is 2.21. The number of aromatic amines is 1. The number of esters is 1. The number of fused-ring (bicyclic) bond motifs is 1. The summed E-state index contributed by atoms with van der Waals surface area (Å²) >= 11 is 1.51. The molecule has 0 saturated carbocycles. The molecule has 7 nitrogen and oxygen atoms in total. The van der Waals surface area contributed by atoms with Gasteiger partial charge in [0.2, 0.25) is 0 Å². The lowest BCUT2D eigenvalue weighted by Crippen LogP contribution is -2.26. The van der Waals surface area contributed by atoms with E-state index in [0.717, 1.165) is 36.5 Å². The molecule has 3 rings (SSSR count). The smallest absolute Gasteiger partial charge is 0.346 e. The SMILES string of the molecule is CCCCOC(=O)C1=CN(c2ncnc3nc[nH]c23)CCS1. The number of carbonyl (C=O) groups is 1. The van der Waals surface area contributed by atoms with Gasteiger partial charge in [-0.15, -0.1) is 11.8 Å². The minimum atomic E-state index is -0.266.